The summed E-state index contributed by atoms with van der Waals surface area (Å²) in [5.41, 5.74) is 4.68. The predicted molar refractivity (Wildman–Crippen MR) is 124 cm³/mol. The number of carbonyl (C=O) groups is 1. The quantitative estimate of drug-likeness (QED) is 0.594. The van der Waals surface area contributed by atoms with Crippen LogP contribution in [0.5, 0.6) is 11.5 Å². The van der Waals surface area contributed by atoms with E-state index in [2.05, 4.69) is 20.9 Å². The minimum Gasteiger partial charge on any atom is -0.497 e. The molecule has 2 aromatic carbocycles. The fraction of sp³-hybridized carbons (Fsp3) is 0.320. The predicted octanol–water partition coefficient (Wildman–Crippen LogP) is 4.14. The first kappa shape index (κ1) is 22.4. The van der Waals surface area contributed by atoms with Gasteiger partial charge in [0.1, 0.15) is 11.5 Å². The Kier molecular flexibility index (Phi) is 7.02. The fourth-order valence-corrected chi connectivity index (χ4v) is 3.85. The van der Waals surface area contributed by atoms with E-state index < -0.39 is 0 Å². The Morgan fingerprint density at radius 3 is 2.29 bits per heavy atom. The number of hydrogen-bond donors (Lipinski definition) is 1. The molecule has 1 atom stereocenters. The normalized spacial score (nSPS) is 12.0. The maximum Gasteiger partial charge on any atom is 0.253 e. The van der Waals surface area contributed by atoms with Gasteiger partial charge in [-0.25, -0.2) is 0 Å². The molecule has 1 amide bonds. The summed E-state index contributed by atoms with van der Waals surface area (Å²) >= 11 is 0. The second-order valence-electron chi connectivity index (χ2n) is 7.78. The third-order valence-corrected chi connectivity index (χ3v) is 5.56. The molecule has 0 aliphatic heterocycles. The van der Waals surface area contributed by atoms with Gasteiger partial charge in [-0.3, -0.25) is 4.79 Å². The van der Waals surface area contributed by atoms with Crippen LogP contribution < -0.4 is 14.8 Å². The number of carbonyl (C=O) groups excluding carboxylic acids is 1. The van der Waals surface area contributed by atoms with Crippen LogP contribution in [-0.4, -0.2) is 50.2 Å². The van der Waals surface area contributed by atoms with Crippen molar-refractivity contribution in [2.75, 3.05) is 34.9 Å². The maximum atomic E-state index is 13.1. The first-order valence-corrected chi connectivity index (χ1v) is 10.3. The number of rotatable bonds is 8. The van der Waals surface area contributed by atoms with E-state index in [9.17, 15) is 4.79 Å². The van der Waals surface area contributed by atoms with Crippen molar-refractivity contribution in [3.8, 4) is 17.2 Å². The zero-order chi connectivity index (χ0) is 22.5. The molecule has 1 heterocycles. The number of likely N-dealkylation sites (N-methyl/N-ethyl adjacent to an activating group) is 1. The summed E-state index contributed by atoms with van der Waals surface area (Å²) in [5.74, 6) is 1.53. The summed E-state index contributed by atoms with van der Waals surface area (Å²) < 4.78 is 12.7. The summed E-state index contributed by atoms with van der Waals surface area (Å²) in [7, 11) is 7.32. The Morgan fingerprint density at radius 1 is 1.00 bits per heavy atom. The van der Waals surface area contributed by atoms with E-state index in [1.807, 2.05) is 76.5 Å². The van der Waals surface area contributed by atoms with Gasteiger partial charge in [-0.05, 0) is 76.0 Å². The first-order valence-electron chi connectivity index (χ1n) is 10.3. The SMILES string of the molecule is COc1ccc(-n2c(C)cc(C(=O)NCC(c3cccc(OC)c3)N(C)C)c2C)cc1. The van der Waals surface area contributed by atoms with E-state index in [1.165, 1.54) is 0 Å². The molecular weight excluding hydrogens is 390 g/mol. The lowest BCUT2D eigenvalue weighted by atomic mass is 10.1. The summed E-state index contributed by atoms with van der Waals surface area (Å²) in [4.78, 5) is 15.1. The van der Waals surface area contributed by atoms with Crippen molar-refractivity contribution in [1.29, 1.82) is 0 Å². The van der Waals surface area contributed by atoms with E-state index in [4.69, 9.17) is 9.47 Å². The number of aromatic nitrogens is 1. The van der Waals surface area contributed by atoms with Gasteiger partial charge in [-0.1, -0.05) is 12.1 Å². The van der Waals surface area contributed by atoms with E-state index in [1.54, 1.807) is 14.2 Å². The molecule has 0 saturated carbocycles. The number of aryl methyl sites for hydroxylation is 1. The molecule has 0 bridgehead atoms. The lowest BCUT2D eigenvalue weighted by Crippen LogP contribution is -2.34. The van der Waals surface area contributed by atoms with Crippen LogP contribution in [-0.2, 0) is 0 Å². The molecule has 6 heteroatoms. The molecule has 1 aromatic heterocycles. The molecule has 0 radical (unpaired) electrons. The van der Waals surface area contributed by atoms with E-state index >= 15 is 0 Å². The van der Waals surface area contributed by atoms with Crippen LogP contribution >= 0.6 is 0 Å². The number of nitrogens with zero attached hydrogens (tertiary/aromatic N) is 2. The Bertz CT molecular complexity index is 1040. The number of benzene rings is 2. The molecular formula is C25H31N3O3. The van der Waals surface area contributed by atoms with Gasteiger partial charge >= 0.3 is 0 Å². The average molecular weight is 422 g/mol. The number of ether oxygens (including phenoxy) is 2. The Hall–Kier alpha value is -3.25. The van der Waals surface area contributed by atoms with Crippen molar-refractivity contribution in [3.63, 3.8) is 0 Å². The highest BCUT2D eigenvalue weighted by molar-refractivity contribution is 5.96. The Morgan fingerprint density at radius 2 is 1.68 bits per heavy atom. The van der Waals surface area contributed by atoms with Crippen molar-refractivity contribution < 1.29 is 14.3 Å². The Balaban J connectivity index is 1.79. The summed E-state index contributed by atoms with van der Waals surface area (Å²) in [6.07, 6.45) is 0. The Labute approximate surface area is 184 Å². The molecule has 6 nitrogen and oxygen atoms in total. The summed E-state index contributed by atoms with van der Waals surface area (Å²) in [6.45, 7) is 4.47. The third kappa shape index (κ3) is 4.91. The second kappa shape index (κ2) is 9.71. The summed E-state index contributed by atoms with van der Waals surface area (Å²) in [6, 6.07) is 17.7. The lowest BCUT2D eigenvalue weighted by Gasteiger charge is -2.25. The molecule has 164 valence electrons. The van der Waals surface area contributed by atoms with Crippen LogP contribution in [0.2, 0.25) is 0 Å². The van der Waals surface area contributed by atoms with Crippen molar-refractivity contribution in [1.82, 2.24) is 14.8 Å². The van der Waals surface area contributed by atoms with Crippen molar-refractivity contribution in [2.24, 2.45) is 0 Å². The minimum atomic E-state index is -0.0809. The smallest absolute Gasteiger partial charge is 0.253 e. The molecule has 0 saturated heterocycles. The molecule has 31 heavy (non-hydrogen) atoms. The second-order valence-corrected chi connectivity index (χ2v) is 7.78. The molecule has 0 fully saturated rings. The molecule has 0 aliphatic carbocycles. The molecule has 3 rings (SSSR count). The number of amides is 1. The fourth-order valence-electron chi connectivity index (χ4n) is 3.85. The van der Waals surface area contributed by atoms with E-state index in [0.29, 0.717) is 12.1 Å². The zero-order valence-electron chi connectivity index (χ0n) is 19.1. The number of nitrogens with one attached hydrogen (secondary N) is 1. The van der Waals surface area contributed by atoms with Crippen LogP contribution in [0.25, 0.3) is 5.69 Å². The van der Waals surface area contributed by atoms with Gasteiger partial charge in [-0.15, -0.1) is 0 Å². The maximum absolute atomic E-state index is 13.1. The summed E-state index contributed by atoms with van der Waals surface area (Å²) in [5, 5.41) is 3.11. The van der Waals surface area contributed by atoms with Gasteiger partial charge in [0.05, 0.1) is 25.8 Å². The van der Waals surface area contributed by atoms with Crippen LogP contribution in [0.1, 0.15) is 33.4 Å². The van der Waals surface area contributed by atoms with Crippen molar-refractivity contribution in [3.05, 3.63) is 77.1 Å². The van der Waals surface area contributed by atoms with Gasteiger partial charge in [0.15, 0.2) is 0 Å². The van der Waals surface area contributed by atoms with E-state index in [0.717, 1.165) is 34.1 Å². The average Bonchev–Trinajstić information content (AvgIpc) is 3.07. The zero-order valence-corrected chi connectivity index (χ0v) is 19.1. The third-order valence-electron chi connectivity index (χ3n) is 5.56. The van der Waals surface area contributed by atoms with Crippen LogP contribution in [0.4, 0.5) is 0 Å². The van der Waals surface area contributed by atoms with Crippen LogP contribution in [0.15, 0.2) is 54.6 Å². The highest BCUT2D eigenvalue weighted by atomic mass is 16.5. The monoisotopic (exact) mass is 421 g/mol. The topological polar surface area (TPSA) is 55.7 Å². The lowest BCUT2D eigenvalue weighted by molar-refractivity contribution is 0.0941. The van der Waals surface area contributed by atoms with Gasteiger partial charge in [0.25, 0.3) is 5.91 Å². The highest BCUT2D eigenvalue weighted by Gasteiger charge is 2.20. The van der Waals surface area contributed by atoms with Gasteiger partial charge < -0.3 is 24.3 Å². The molecule has 3 aromatic rings. The molecule has 0 aliphatic rings. The van der Waals surface area contributed by atoms with Crippen LogP contribution in [0.3, 0.4) is 0 Å². The highest BCUT2D eigenvalue weighted by Crippen LogP contribution is 2.24. The number of hydrogen-bond acceptors (Lipinski definition) is 4. The largest absolute Gasteiger partial charge is 0.497 e. The van der Waals surface area contributed by atoms with Gasteiger partial charge in [-0.2, -0.15) is 0 Å². The van der Waals surface area contributed by atoms with Crippen molar-refractivity contribution >= 4 is 5.91 Å². The molecule has 1 N–H and O–H groups in total. The van der Waals surface area contributed by atoms with Gasteiger partial charge in [0.2, 0.25) is 0 Å². The first-order chi connectivity index (χ1) is 14.8. The standard InChI is InChI=1S/C25H31N3O3/c1-17-14-23(18(2)28(17)20-10-12-21(30-5)13-11-20)25(29)26-16-24(27(3)4)19-8-7-9-22(15-19)31-6/h7-15,24H,16H2,1-6H3,(H,26,29). The van der Waals surface area contributed by atoms with Crippen molar-refractivity contribution in [2.45, 2.75) is 19.9 Å². The molecule has 1 unspecified atom stereocenters. The van der Waals surface area contributed by atoms with Crippen LogP contribution in [0, 0.1) is 13.8 Å². The number of methoxy groups -OCH3 is 2. The van der Waals surface area contributed by atoms with E-state index in [-0.39, 0.29) is 11.9 Å². The molecule has 0 spiro atoms. The van der Waals surface area contributed by atoms with Gasteiger partial charge in [0, 0.05) is 23.6 Å². The minimum absolute atomic E-state index is 0.0316.